The monoisotopic (exact) mass is 1140 g/mol. The number of aryl methyl sites for hydroxylation is 1. The SMILES string of the molecule is CC(C)c1cc(C(C)(C)C)cc(C(C)C)c1-n1c(-c2[c-]ccc3c2oc2cc(-c4ccccc4)ccc23)nc2ccccc21.[2H]C(C)(C)c1cc(-c2[c-]ccc3c2oc2nc(C)ccc23)ncc1[Si](C)(C)C.[Ir]. The number of hydrogen-bond acceptors (Lipinski definition) is 5. The van der Waals surface area contributed by atoms with Crippen molar-refractivity contribution >= 4 is 68.3 Å². The molecule has 1 radical (unpaired) electrons. The van der Waals surface area contributed by atoms with E-state index < -0.39 is 14.0 Å². The van der Waals surface area contributed by atoms with Crippen molar-refractivity contribution < 1.29 is 30.3 Å². The zero-order valence-electron chi connectivity index (χ0n) is 44.8. The van der Waals surface area contributed by atoms with Crippen LogP contribution >= 0.6 is 0 Å². The Balaban J connectivity index is 0.000000195. The topological polar surface area (TPSA) is 69.9 Å². The second kappa shape index (κ2) is 19.5. The quantitative estimate of drug-likeness (QED) is 0.112. The first kappa shape index (κ1) is 49.1. The summed E-state index contributed by atoms with van der Waals surface area (Å²) in [4.78, 5) is 14.6. The largest absolute Gasteiger partial charge is 0.501 e. The van der Waals surface area contributed by atoms with Gasteiger partial charge in [0.25, 0.3) is 0 Å². The molecular weight excluding hydrogens is 1080 g/mol. The molecule has 72 heavy (non-hydrogen) atoms. The van der Waals surface area contributed by atoms with Gasteiger partial charge >= 0.3 is 0 Å². The number of para-hydroxylation sites is 2. The van der Waals surface area contributed by atoms with Crippen LogP contribution in [0, 0.1) is 19.1 Å². The van der Waals surface area contributed by atoms with Gasteiger partial charge in [0.05, 0.1) is 36.1 Å². The van der Waals surface area contributed by atoms with E-state index in [1.807, 2.05) is 63.4 Å². The van der Waals surface area contributed by atoms with Gasteiger partial charge in [0.2, 0.25) is 5.71 Å². The number of rotatable bonds is 8. The summed E-state index contributed by atoms with van der Waals surface area (Å²) in [5.41, 5.74) is 17.1. The van der Waals surface area contributed by atoms with Crippen LogP contribution in [0.1, 0.15) is 109 Å². The van der Waals surface area contributed by atoms with E-state index in [0.717, 1.165) is 88.8 Å². The summed E-state index contributed by atoms with van der Waals surface area (Å²) in [5.74, 6) is 0.794. The first-order valence-electron chi connectivity index (χ1n) is 25.5. The van der Waals surface area contributed by atoms with Crippen molar-refractivity contribution in [3.05, 3.63) is 174 Å². The average molecular weight is 1140 g/mol. The molecule has 5 heterocycles. The number of hydrogen-bond donors (Lipinski definition) is 0. The first-order chi connectivity index (χ1) is 34.2. The van der Waals surface area contributed by atoms with Crippen LogP contribution < -0.4 is 5.19 Å². The molecule has 0 fully saturated rings. The maximum atomic E-state index is 8.68. The van der Waals surface area contributed by atoms with E-state index in [1.54, 1.807) is 0 Å². The van der Waals surface area contributed by atoms with E-state index in [9.17, 15) is 0 Å². The van der Waals surface area contributed by atoms with Gasteiger partial charge in [0, 0.05) is 49.8 Å². The minimum Gasteiger partial charge on any atom is -0.501 e. The summed E-state index contributed by atoms with van der Waals surface area (Å²) in [6.45, 7) is 28.8. The third kappa shape index (κ3) is 9.30. The summed E-state index contributed by atoms with van der Waals surface area (Å²) in [6, 6.07) is 51.3. The Kier molecular flexibility index (Phi) is 13.3. The Bertz CT molecular complexity index is 3820. The Hall–Kier alpha value is -6.44. The van der Waals surface area contributed by atoms with Crippen LogP contribution in [-0.4, -0.2) is 27.6 Å². The Labute approximate surface area is 440 Å². The summed E-state index contributed by atoms with van der Waals surface area (Å²) >= 11 is 0. The summed E-state index contributed by atoms with van der Waals surface area (Å²) < 4.78 is 23.9. The van der Waals surface area contributed by atoms with Crippen LogP contribution in [0.2, 0.25) is 19.6 Å². The van der Waals surface area contributed by atoms with E-state index >= 15 is 0 Å². The van der Waals surface area contributed by atoms with E-state index in [2.05, 4.69) is 181 Å². The molecule has 0 aliphatic rings. The van der Waals surface area contributed by atoms with Crippen molar-refractivity contribution in [1.29, 1.82) is 0 Å². The maximum Gasteiger partial charge on any atom is 0.216 e. The van der Waals surface area contributed by atoms with Crippen molar-refractivity contribution in [3.63, 3.8) is 0 Å². The van der Waals surface area contributed by atoms with Crippen LogP contribution in [0.15, 0.2) is 142 Å². The molecule has 0 atom stereocenters. The summed E-state index contributed by atoms with van der Waals surface area (Å²) in [6.07, 6.45) is 1.96. The van der Waals surface area contributed by atoms with Gasteiger partial charge < -0.3 is 18.4 Å². The van der Waals surface area contributed by atoms with E-state index in [4.69, 9.17) is 20.2 Å². The Morgan fingerprint density at radius 2 is 1.26 bits per heavy atom. The van der Waals surface area contributed by atoms with Gasteiger partial charge in [-0.1, -0.05) is 182 Å². The number of benzene rings is 6. The molecule has 0 amide bonds. The van der Waals surface area contributed by atoms with Gasteiger partial charge in [0.1, 0.15) is 5.58 Å². The molecule has 0 saturated carbocycles. The third-order valence-electron chi connectivity index (χ3n) is 13.8. The van der Waals surface area contributed by atoms with Crippen molar-refractivity contribution in [2.75, 3.05) is 0 Å². The summed E-state index contributed by atoms with van der Waals surface area (Å²) in [5, 5.41) is 5.40. The number of imidazole rings is 1. The minimum absolute atomic E-state index is 0. The smallest absolute Gasteiger partial charge is 0.216 e. The van der Waals surface area contributed by atoms with Crippen LogP contribution in [0.25, 0.3) is 94.5 Å². The average Bonchev–Trinajstić information content (AvgIpc) is 4.04. The van der Waals surface area contributed by atoms with Crippen molar-refractivity contribution in [1.82, 2.24) is 19.5 Å². The fraction of sp³-hybridized carbons (Fsp3) is 0.266. The van der Waals surface area contributed by atoms with E-state index in [0.29, 0.717) is 17.5 Å². The molecule has 6 nitrogen and oxygen atoms in total. The minimum atomic E-state index is -1.62. The van der Waals surface area contributed by atoms with E-state index in [1.165, 1.54) is 33.1 Å². The molecule has 0 aliphatic carbocycles. The molecule has 11 rings (SSSR count). The van der Waals surface area contributed by atoms with Gasteiger partial charge in [0.15, 0.2) is 0 Å². The molecule has 367 valence electrons. The van der Waals surface area contributed by atoms with Crippen LogP contribution in [0.4, 0.5) is 0 Å². The van der Waals surface area contributed by atoms with Crippen molar-refractivity contribution in [3.8, 4) is 39.5 Å². The Morgan fingerprint density at radius 1 is 0.639 bits per heavy atom. The van der Waals surface area contributed by atoms with Gasteiger partial charge in [-0.05, 0) is 99.1 Å². The van der Waals surface area contributed by atoms with Crippen molar-refractivity contribution in [2.24, 2.45) is 0 Å². The standard InChI is InChI=1S/C41H39N2O.C23H25N2OSi.Ir/c1-25(2)33-23-29(41(5,6)7)24-34(26(3)4)38(33)43-36-19-12-11-18-35(36)42-40(43)32-17-13-16-31-30-21-20-28(22-37(30)44-39(31)32)27-14-9-8-10-15-27;1-14(2)19-12-20(24-13-21(19)27(4,5)6)18-9-7-8-16-17-11-10-15(3)25-23(17)26-22(16)18;/h8-16,18-26H,1-7H3;7-8,10-14H,1-6H3;/q2*-1;/i;14D;. The predicted molar refractivity (Wildman–Crippen MR) is 300 cm³/mol. The molecule has 0 bridgehead atoms. The second-order valence-electron chi connectivity index (χ2n) is 22.0. The number of pyridine rings is 2. The van der Waals surface area contributed by atoms with Crippen molar-refractivity contribution in [2.45, 2.75) is 112 Å². The molecule has 0 aliphatic heterocycles. The fourth-order valence-electron chi connectivity index (χ4n) is 9.90. The predicted octanol–water partition coefficient (Wildman–Crippen LogP) is 17.4. The number of nitrogens with zero attached hydrogens (tertiary/aromatic N) is 4. The first-order valence-corrected chi connectivity index (χ1v) is 28.5. The molecule has 0 saturated heterocycles. The Morgan fingerprint density at radius 3 is 1.92 bits per heavy atom. The number of aromatic nitrogens is 4. The third-order valence-corrected chi connectivity index (χ3v) is 15.8. The molecule has 11 aromatic rings. The molecule has 5 aromatic heterocycles. The van der Waals surface area contributed by atoms with Gasteiger partial charge in [-0.25, -0.2) is 4.98 Å². The fourth-order valence-corrected chi connectivity index (χ4v) is 11.5. The number of furan rings is 2. The molecule has 0 unspecified atom stereocenters. The van der Waals surface area contributed by atoms with E-state index in [-0.39, 0.29) is 25.5 Å². The maximum absolute atomic E-state index is 8.68. The van der Waals surface area contributed by atoms with Gasteiger partial charge in [-0.3, -0.25) is 4.98 Å². The second-order valence-corrected chi connectivity index (χ2v) is 27.0. The van der Waals surface area contributed by atoms with Crippen LogP contribution in [0.5, 0.6) is 0 Å². The molecule has 0 N–H and O–H groups in total. The molecule has 8 heteroatoms. The van der Waals surface area contributed by atoms with Gasteiger partial charge in [-0.15, -0.1) is 36.4 Å². The number of fused-ring (bicyclic) bond motifs is 7. The zero-order chi connectivity index (χ0) is 51.0. The van der Waals surface area contributed by atoms with Crippen LogP contribution in [-0.2, 0) is 25.5 Å². The normalized spacial score (nSPS) is 12.6. The van der Waals surface area contributed by atoms with Crippen LogP contribution in [0.3, 0.4) is 0 Å². The zero-order valence-corrected chi connectivity index (χ0v) is 47.2. The molecule has 6 aromatic carbocycles. The summed E-state index contributed by atoms with van der Waals surface area (Å²) in [7, 11) is -1.62. The molecule has 0 spiro atoms. The van der Waals surface area contributed by atoms with Gasteiger partial charge in [-0.2, -0.15) is 0 Å². The molecular formula is C64H64IrN4O2Si-2.